The second-order valence-electron chi connectivity index (χ2n) is 4.88. The number of nitrogens with zero attached hydrogens (tertiary/aromatic N) is 2. The van der Waals surface area contributed by atoms with Gasteiger partial charge in [0, 0.05) is 31.9 Å². The van der Waals surface area contributed by atoms with Crippen LogP contribution in [-0.2, 0) is 4.74 Å². The van der Waals surface area contributed by atoms with Crippen molar-refractivity contribution in [3.05, 3.63) is 23.9 Å². The topological polar surface area (TPSA) is 51.4 Å². The van der Waals surface area contributed by atoms with Gasteiger partial charge in [-0.05, 0) is 38.3 Å². The van der Waals surface area contributed by atoms with Gasteiger partial charge in [0.25, 0.3) is 0 Å². The third-order valence-corrected chi connectivity index (χ3v) is 3.46. The number of pyridine rings is 1. The molecule has 2 N–H and O–H groups in total. The Labute approximate surface area is 109 Å². The summed E-state index contributed by atoms with van der Waals surface area (Å²) in [6, 6.07) is 4.19. The van der Waals surface area contributed by atoms with Gasteiger partial charge in [-0.2, -0.15) is 0 Å². The van der Waals surface area contributed by atoms with Gasteiger partial charge in [0.1, 0.15) is 5.82 Å². The van der Waals surface area contributed by atoms with Gasteiger partial charge in [-0.25, -0.2) is 4.98 Å². The lowest BCUT2D eigenvalue weighted by Crippen LogP contribution is -2.37. The molecule has 0 aromatic carbocycles. The van der Waals surface area contributed by atoms with Crippen LogP contribution in [0, 0.1) is 0 Å². The van der Waals surface area contributed by atoms with Crippen LogP contribution in [0.1, 0.15) is 38.3 Å². The molecule has 100 valence electrons. The standard InChI is InChI=1S/C14H23N3O/c1-3-18-13-6-8-17(9-7-13)14-5-4-12(10-16-14)11(2)15/h4-5,10-11,13H,3,6-9,15H2,1-2H3/t11-/m1/s1. The number of hydrogen-bond donors (Lipinski definition) is 1. The van der Waals surface area contributed by atoms with Crippen molar-refractivity contribution in [1.82, 2.24) is 4.98 Å². The van der Waals surface area contributed by atoms with Crippen molar-refractivity contribution < 1.29 is 4.74 Å². The summed E-state index contributed by atoms with van der Waals surface area (Å²) in [6.07, 6.45) is 4.48. The summed E-state index contributed by atoms with van der Waals surface area (Å²) in [4.78, 5) is 6.82. The Bertz CT molecular complexity index is 356. The Morgan fingerprint density at radius 1 is 1.44 bits per heavy atom. The molecule has 0 aliphatic carbocycles. The lowest BCUT2D eigenvalue weighted by Gasteiger charge is -2.32. The summed E-state index contributed by atoms with van der Waals surface area (Å²) in [5.41, 5.74) is 6.91. The Hall–Kier alpha value is -1.13. The smallest absolute Gasteiger partial charge is 0.128 e. The van der Waals surface area contributed by atoms with E-state index >= 15 is 0 Å². The van der Waals surface area contributed by atoms with Gasteiger partial charge < -0.3 is 15.4 Å². The van der Waals surface area contributed by atoms with E-state index in [1.807, 2.05) is 13.1 Å². The first kappa shape index (κ1) is 13.3. The van der Waals surface area contributed by atoms with Gasteiger partial charge in [0.15, 0.2) is 0 Å². The maximum absolute atomic E-state index is 5.82. The van der Waals surface area contributed by atoms with Gasteiger partial charge in [0.05, 0.1) is 6.10 Å². The van der Waals surface area contributed by atoms with Gasteiger partial charge in [-0.3, -0.25) is 0 Å². The lowest BCUT2D eigenvalue weighted by molar-refractivity contribution is 0.0458. The average Bonchev–Trinajstić information content (AvgIpc) is 2.40. The van der Waals surface area contributed by atoms with Crippen molar-refractivity contribution in [2.24, 2.45) is 5.73 Å². The van der Waals surface area contributed by atoms with Crippen LogP contribution in [0.5, 0.6) is 0 Å². The molecule has 1 aliphatic rings. The summed E-state index contributed by atoms with van der Waals surface area (Å²) in [7, 11) is 0. The maximum Gasteiger partial charge on any atom is 0.128 e. The molecular formula is C14H23N3O. The largest absolute Gasteiger partial charge is 0.378 e. The van der Waals surface area contributed by atoms with E-state index in [0.717, 1.165) is 43.9 Å². The highest BCUT2D eigenvalue weighted by atomic mass is 16.5. The second-order valence-corrected chi connectivity index (χ2v) is 4.88. The summed E-state index contributed by atoms with van der Waals surface area (Å²) in [5.74, 6) is 1.05. The van der Waals surface area contributed by atoms with Crippen LogP contribution >= 0.6 is 0 Å². The van der Waals surface area contributed by atoms with Crippen molar-refractivity contribution in [1.29, 1.82) is 0 Å². The van der Waals surface area contributed by atoms with Crippen molar-refractivity contribution >= 4 is 5.82 Å². The fraction of sp³-hybridized carbons (Fsp3) is 0.643. The number of rotatable bonds is 4. The molecule has 0 saturated carbocycles. The van der Waals surface area contributed by atoms with E-state index in [9.17, 15) is 0 Å². The van der Waals surface area contributed by atoms with E-state index in [0.29, 0.717) is 6.10 Å². The van der Waals surface area contributed by atoms with Crippen molar-refractivity contribution in [3.63, 3.8) is 0 Å². The minimum atomic E-state index is 0.0511. The number of hydrogen-bond acceptors (Lipinski definition) is 4. The van der Waals surface area contributed by atoms with Gasteiger partial charge in [0.2, 0.25) is 0 Å². The number of ether oxygens (including phenoxy) is 1. The highest BCUT2D eigenvalue weighted by Gasteiger charge is 2.20. The fourth-order valence-electron chi connectivity index (χ4n) is 2.34. The minimum Gasteiger partial charge on any atom is -0.378 e. The Morgan fingerprint density at radius 2 is 2.17 bits per heavy atom. The Morgan fingerprint density at radius 3 is 2.67 bits per heavy atom. The molecule has 1 atom stereocenters. The first-order valence-corrected chi connectivity index (χ1v) is 6.78. The SMILES string of the molecule is CCOC1CCN(c2ccc([C@@H](C)N)cn2)CC1. The molecule has 1 fully saturated rings. The summed E-state index contributed by atoms with van der Waals surface area (Å²) in [5, 5.41) is 0. The zero-order valence-corrected chi connectivity index (χ0v) is 11.3. The molecule has 0 amide bonds. The molecule has 4 heteroatoms. The predicted octanol–water partition coefficient (Wildman–Crippen LogP) is 2.11. The molecule has 0 radical (unpaired) electrons. The normalized spacial score (nSPS) is 18.9. The van der Waals surface area contributed by atoms with Crippen LogP contribution in [0.4, 0.5) is 5.82 Å². The maximum atomic E-state index is 5.82. The van der Waals surface area contributed by atoms with Gasteiger partial charge >= 0.3 is 0 Å². The molecule has 0 spiro atoms. The molecular weight excluding hydrogens is 226 g/mol. The first-order chi connectivity index (χ1) is 8.70. The minimum absolute atomic E-state index is 0.0511. The van der Waals surface area contributed by atoms with Crippen LogP contribution < -0.4 is 10.6 Å². The Balaban J connectivity index is 1.93. The van der Waals surface area contributed by atoms with Crippen LogP contribution in [0.3, 0.4) is 0 Å². The van der Waals surface area contributed by atoms with E-state index in [1.54, 1.807) is 0 Å². The van der Waals surface area contributed by atoms with E-state index < -0.39 is 0 Å². The molecule has 2 heterocycles. The third kappa shape index (κ3) is 3.21. The lowest BCUT2D eigenvalue weighted by atomic mass is 10.1. The molecule has 1 aromatic heterocycles. The molecule has 1 aliphatic heterocycles. The van der Waals surface area contributed by atoms with Crippen LogP contribution in [-0.4, -0.2) is 30.8 Å². The third-order valence-electron chi connectivity index (χ3n) is 3.46. The summed E-state index contributed by atoms with van der Waals surface area (Å²) >= 11 is 0. The summed E-state index contributed by atoms with van der Waals surface area (Å²) < 4.78 is 5.65. The Kier molecular flexibility index (Phi) is 4.55. The van der Waals surface area contributed by atoms with E-state index in [2.05, 4.69) is 28.9 Å². The van der Waals surface area contributed by atoms with Crippen molar-refractivity contribution in [2.75, 3.05) is 24.6 Å². The second kappa shape index (κ2) is 6.16. The van der Waals surface area contributed by atoms with Gasteiger partial charge in [-0.1, -0.05) is 6.07 Å². The van der Waals surface area contributed by atoms with Crippen LogP contribution in [0.2, 0.25) is 0 Å². The quantitative estimate of drug-likeness (QED) is 0.888. The monoisotopic (exact) mass is 249 g/mol. The molecule has 0 unspecified atom stereocenters. The van der Waals surface area contributed by atoms with Crippen molar-refractivity contribution in [3.8, 4) is 0 Å². The molecule has 1 saturated heterocycles. The fourth-order valence-corrected chi connectivity index (χ4v) is 2.34. The number of aromatic nitrogens is 1. The zero-order valence-electron chi connectivity index (χ0n) is 11.3. The molecule has 18 heavy (non-hydrogen) atoms. The first-order valence-electron chi connectivity index (χ1n) is 6.78. The molecule has 2 rings (SSSR count). The van der Waals surface area contributed by atoms with E-state index in [-0.39, 0.29) is 6.04 Å². The predicted molar refractivity (Wildman–Crippen MR) is 73.7 cm³/mol. The number of anilines is 1. The number of nitrogens with two attached hydrogens (primary N) is 1. The van der Waals surface area contributed by atoms with Crippen LogP contribution in [0.25, 0.3) is 0 Å². The molecule has 4 nitrogen and oxygen atoms in total. The van der Waals surface area contributed by atoms with Gasteiger partial charge in [-0.15, -0.1) is 0 Å². The molecule has 1 aromatic rings. The zero-order chi connectivity index (χ0) is 13.0. The highest BCUT2D eigenvalue weighted by molar-refractivity contribution is 5.40. The molecule has 0 bridgehead atoms. The highest BCUT2D eigenvalue weighted by Crippen LogP contribution is 2.20. The van der Waals surface area contributed by atoms with E-state index in [4.69, 9.17) is 10.5 Å². The van der Waals surface area contributed by atoms with E-state index in [1.165, 1.54) is 0 Å². The number of piperidine rings is 1. The van der Waals surface area contributed by atoms with Crippen molar-refractivity contribution in [2.45, 2.75) is 38.8 Å². The van der Waals surface area contributed by atoms with Crippen LogP contribution in [0.15, 0.2) is 18.3 Å². The average molecular weight is 249 g/mol. The summed E-state index contributed by atoms with van der Waals surface area (Å²) in [6.45, 7) is 6.89.